The minimum atomic E-state index is 0.120. The maximum Gasteiger partial charge on any atom is 0.236 e. The van der Waals surface area contributed by atoms with Crippen LogP contribution in [0.5, 0.6) is 0 Å². The Balaban J connectivity index is 1.56. The van der Waals surface area contributed by atoms with Crippen molar-refractivity contribution in [3.05, 3.63) is 36.3 Å². The van der Waals surface area contributed by atoms with Gasteiger partial charge in [0.05, 0.1) is 19.6 Å². The normalized spacial score (nSPS) is 18.7. The summed E-state index contributed by atoms with van der Waals surface area (Å²) in [7, 11) is 1.83. The van der Waals surface area contributed by atoms with E-state index < -0.39 is 0 Å². The Kier molecular flexibility index (Phi) is 5.30. The van der Waals surface area contributed by atoms with Crippen LogP contribution in [0.1, 0.15) is 30.8 Å². The molecule has 0 N–H and O–H groups in total. The van der Waals surface area contributed by atoms with Crippen molar-refractivity contribution in [3.63, 3.8) is 0 Å². The number of likely N-dealkylation sites (tertiary alicyclic amines) is 1. The van der Waals surface area contributed by atoms with Crippen LogP contribution < -0.4 is 0 Å². The zero-order valence-corrected chi connectivity index (χ0v) is 14.4. The minimum absolute atomic E-state index is 0.120. The first kappa shape index (κ1) is 16.7. The molecule has 7 heteroatoms. The fraction of sp³-hybridized carbons (Fsp3) is 0.588. The Labute approximate surface area is 142 Å². The van der Waals surface area contributed by atoms with E-state index in [0.29, 0.717) is 19.1 Å². The van der Waals surface area contributed by atoms with Gasteiger partial charge in [0.1, 0.15) is 24.2 Å². The molecule has 0 bridgehead atoms. The number of nitrogens with zero attached hydrogens (tertiary/aromatic N) is 5. The SMILES string of the molecule is Cc1ccc(CN(C)C(=O)CN2CCCC[C@H]2Cn2cncn2)o1. The van der Waals surface area contributed by atoms with Gasteiger partial charge in [0.25, 0.3) is 0 Å². The molecule has 2 aromatic rings. The van der Waals surface area contributed by atoms with Gasteiger partial charge in [-0.05, 0) is 38.4 Å². The van der Waals surface area contributed by atoms with Gasteiger partial charge in [0, 0.05) is 13.1 Å². The lowest BCUT2D eigenvalue weighted by Gasteiger charge is -2.35. The maximum absolute atomic E-state index is 12.6. The largest absolute Gasteiger partial charge is 0.464 e. The summed E-state index contributed by atoms with van der Waals surface area (Å²) in [6.45, 7) is 4.60. The highest BCUT2D eigenvalue weighted by atomic mass is 16.3. The van der Waals surface area contributed by atoms with Crippen LogP contribution in [0.4, 0.5) is 0 Å². The quantitative estimate of drug-likeness (QED) is 0.806. The first-order valence-electron chi connectivity index (χ1n) is 8.47. The number of furan rings is 1. The summed E-state index contributed by atoms with van der Waals surface area (Å²) in [5, 5.41) is 4.19. The van der Waals surface area contributed by atoms with Crippen LogP contribution in [0.15, 0.2) is 29.2 Å². The number of aromatic nitrogens is 3. The lowest BCUT2D eigenvalue weighted by atomic mass is 10.0. The number of hydrogen-bond donors (Lipinski definition) is 0. The second-order valence-corrected chi connectivity index (χ2v) is 6.50. The van der Waals surface area contributed by atoms with Crippen LogP contribution >= 0.6 is 0 Å². The Morgan fingerprint density at radius 1 is 1.42 bits per heavy atom. The van der Waals surface area contributed by atoms with Gasteiger partial charge in [-0.2, -0.15) is 5.10 Å². The number of aryl methyl sites for hydroxylation is 1. The molecule has 1 aliphatic heterocycles. The molecule has 0 radical (unpaired) electrons. The maximum atomic E-state index is 12.6. The van der Waals surface area contributed by atoms with E-state index in [4.69, 9.17) is 4.42 Å². The van der Waals surface area contributed by atoms with Gasteiger partial charge in [-0.1, -0.05) is 6.42 Å². The molecule has 0 spiro atoms. The summed E-state index contributed by atoms with van der Waals surface area (Å²) in [5.41, 5.74) is 0. The van der Waals surface area contributed by atoms with Gasteiger partial charge in [0.15, 0.2) is 0 Å². The van der Waals surface area contributed by atoms with E-state index in [1.165, 1.54) is 6.42 Å². The third kappa shape index (κ3) is 4.23. The molecule has 2 aromatic heterocycles. The van der Waals surface area contributed by atoms with E-state index in [0.717, 1.165) is 37.5 Å². The van der Waals surface area contributed by atoms with E-state index >= 15 is 0 Å². The van der Waals surface area contributed by atoms with Gasteiger partial charge in [-0.15, -0.1) is 0 Å². The molecule has 3 rings (SSSR count). The number of likely N-dealkylation sites (N-methyl/N-ethyl adjacent to an activating group) is 1. The average molecular weight is 331 g/mol. The third-order valence-electron chi connectivity index (χ3n) is 4.57. The number of piperidine rings is 1. The third-order valence-corrected chi connectivity index (χ3v) is 4.57. The Morgan fingerprint density at radius 2 is 2.29 bits per heavy atom. The fourth-order valence-corrected chi connectivity index (χ4v) is 3.20. The molecule has 0 aromatic carbocycles. The Morgan fingerprint density at radius 3 is 3.00 bits per heavy atom. The van der Waals surface area contributed by atoms with Crippen molar-refractivity contribution >= 4 is 5.91 Å². The molecule has 24 heavy (non-hydrogen) atoms. The first-order chi connectivity index (χ1) is 11.6. The summed E-state index contributed by atoms with van der Waals surface area (Å²) in [4.78, 5) is 20.6. The van der Waals surface area contributed by atoms with Crippen molar-refractivity contribution in [2.75, 3.05) is 20.1 Å². The molecule has 0 saturated carbocycles. The molecular formula is C17H25N5O2. The van der Waals surface area contributed by atoms with Gasteiger partial charge in [-0.3, -0.25) is 14.4 Å². The van der Waals surface area contributed by atoms with Crippen LogP contribution in [0.2, 0.25) is 0 Å². The molecule has 0 aliphatic carbocycles. The van der Waals surface area contributed by atoms with Gasteiger partial charge in [0.2, 0.25) is 5.91 Å². The molecule has 1 aliphatic rings. The number of amides is 1. The molecule has 0 unspecified atom stereocenters. The van der Waals surface area contributed by atoms with E-state index in [2.05, 4.69) is 15.0 Å². The number of carbonyl (C=O) groups is 1. The molecule has 1 fully saturated rings. The Hall–Kier alpha value is -2.15. The molecule has 7 nitrogen and oxygen atoms in total. The summed E-state index contributed by atoms with van der Waals surface area (Å²) in [5.74, 6) is 1.81. The second kappa shape index (κ2) is 7.61. The van der Waals surface area contributed by atoms with E-state index in [9.17, 15) is 4.79 Å². The lowest BCUT2D eigenvalue weighted by molar-refractivity contribution is -0.133. The van der Waals surface area contributed by atoms with E-state index in [-0.39, 0.29) is 5.91 Å². The molecule has 3 heterocycles. The van der Waals surface area contributed by atoms with Crippen molar-refractivity contribution in [3.8, 4) is 0 Å². The topological polar surface area (TPSA) is 67.4 Å². The zero-order valence-electron chi connectivity index (χ0n) is 14.4. The van der Waals surface area contributed by atoms with Crippen molar-refractivity contribution in [1.82, 2.24) is 24.6 Å². The smallest absolute Gasteiger partial charge is 0.236 e. The highest BCUT2D eigenvalue weighted by Crippen LogP contribution is 2.18. The highest BCUT2D eigenvalue weighted by molar-refractivity contribution is 5.78. The van der Waals surface area contributed by atoms with Gasteiger partial charge < -0.3 is 9.32 Å². The highest BCUT2D eigenvalue weighted by Gasteiger charge is 2.26. The standard InChI is InChI=1S/C17H25N5O2/c1-14-6-7-16(24-14)10-20(2)17(23)11-21-8-4-3-5-15(21)9-22-13-18-12-19-22/h6-7,12-13,15H,3-5,8-11H2,1-2H3/t15-/m0/s1. The summed E-state index contributed by atoms with van der Waals surface area (Å²) in [6.07, 6.45) is 6.72. The summed E-state index contributed by atoms with van der Waals surface area (Å²) >= 11 is 0. The van der Waals surface area contributed by atoms with Gasteiger partial charge >= 0.3 is 0 Å². The van der Waals surface area contributed by atoms with Crippen LogP contribution in [-0.2, 0) is 17.9 Å². The lowest BCUT2D eigenvalue weighted by Crippen LogP contribution is -2.47. The summed E-state index contributed by atoms with van der Waals surface area (Å²) in [6, 6.07) is 4.18. The van der Waals surface area contributed by atoms with Crippen LogP contribution in [0.25, 0.3) is 0 Å². The molecule has 1 amide bonds. The van der Waals surface area contributed by atoms with E-state index in [1.807, 2.05) is 30.8 Å². The second-order valence-electron chi connectivity index (χ2n) is 6.50. The van der Waals surface area contributed by atoms with Crippen molar-refractivity contribution in [2.45, 2.75) is 45.3 Å². The Bertz CT molecular complexity index is 652. The predicted molar refractivity (Wildman–Crippen MR) is 89.2 cm³/mol. The first-order valence-corrected chi connectivity index (χ1v) is 8.47. The molecular weight excluding hydrogens is 306 g/mol. The monoisotopic (exact) mass is 331 g/mol. The number of carbonyl (C=O) groups excluding carboxylic acids is 1. The average Bonchev–Trinajstić information content (AvgIpc) is 3.21. The molecule has 1 saturated heterocycles. The van der Waals surface area contributed by atoms with Crippen molar-refractivity contribution < 1.29 is 9.21 Å². The van der Waals surface area contributed by atoms with Crippen molar-refractivity contribution in [1.29, 1.82) is 0 Å². The van der Waals surface area contributed by atoms with Gasteiger partial charge in [-0.25, -0.2) is 4.98 Å². The molecule has 130 valence electrons. The number of hydrogen-bond acceptors (Lipinski definition) is 5. The fourth-order valence-electron chi connectivity index (χ4n) is 3.20. The van der Waals surface area contributed by atoms with Crippen molar-refractivity contribution in [2.24, 2.45) is 0 Å². The minimum Gasteiger partial charge on any atom is -0.464 e. The van der Waals surface area contributed by atoms with E-state index in [1.54, 1.807) is 17.6 Å². The number of rotatable bonds is 6. The van der Waals surface area contributed by atoms with Crippen LogP contribution in [0.3, 0.4) is 0 Å². The molecule has 1 atom stereocenters. The zero-order chi connectivity index (χ0) is 16.9. The summed E-state index contributed by atoms with van der Waals surface area (Å²) < 4.78 is 7.41. The van der Waals surface area contributed by atoms with Crippen LogP contribution in [-0.4, -0.2) is 56.7 Å². The van der Waals surface area contributed by atoms with Crippen LogP contribution in [0, 0.1) is 6.92 Å². The predicted octanol–water partition coefficient (Wildman–Crippen LogP) is 1.69.